The molecule has 0 spiro atoms. The number of hydrogen-bond donors (Lipinski definition) is 3. The van der Waals surface area contributed by atoms with E-state index in [4.69, 9.17) is 37.0 Å². The Kier molecular flexibility index (Phi) is 77.3. The van der Waals surface area contributed by atoms with Crippen LogP contribution >= 0.6 is 15.6 Å². The summed E-state index contributed by atoms with van der Waals surface area (Å²) in [6.45, 7) is 7.43. The molecule has 0 bridgehead atoms. The van der Waals surface area contributed by atoms with Gasteiger partial charge in [-0.05, 0) is 31.6 Å². The molecule has 17 nitrogen and oxygen atoms in total. The monoisotopic (exact) mass is 1540 g/mol. The lowest BCUT2D eigenvalue weighted by atomic mass is 9.99. The Balaban J connectivity index is 5.26. The molecule has 0 saturated carbocycles. The number of aliphatic hydroxyl groups is 1. The van der Waals surface area contributed by atoms with Crippen LogP contribution in [0.4, 0.5) is 0 Å². The summed E-state index contributed by atoms with van der Waals surface area (Å²) in [5, 5.41) is 10.7. The lowest BCUT2D eigenvalue weighted by Gasteiger charge is -2.21. The summed E-state index contributed by atoms with van der Waals surface area (Å²) in [7, 11) is -9.93. The highest BCUT2D eigenvalue weighted by Gasteiger charge is 2.30. The van der Waals surface area contributed by atoms with Crippen molar-refractivity contribution >= 4 is 39.5 Å². The van der Waals surface area contributed by atoms with Crippen LogP contribution in [-0.4, -0.2) is 96.7 Å². The first-order valence-corrected chi connectivity index (χ1v) is 47.7. The van der Waals surface area contributed by atoms with Crippen molar-refractivity contribution in [3.8, 4) is 0 Å². The standard InChI is InChI=1S/C86H168O17P2/c1-6-10-13-16-19-22-25-28-30-31-32-33-35-42-47-52-57-62-67-72-86(91)103-82(76-97-84(89)70-65-60-55-50-45-40-37-36-39-43-48-53-58-63-68-79(5)9-4)78-101-105(94,95)99-74-80(87)73-98-104(92,93)100-77-81(75-96-83(88)69-64-59-54-49-44-38-27-24-21-18-15-12-8-3)102-85(90)71-66-61-56-51-46-41-34-29-26-23-20-17-14-11-7-2/h79-82,87H,6-78H2,1-5H3,(H,92,93)(H,94,95)/t79?,80-,81+,82+/m0/s1. The molecule has 624 valence electrons. The molecule has 0 aromatic carbocycles. The molecule has 0 aliphatic carbocycles. The average molecular weight is 1540 g/mol. The molecular formula is C86H168O17P2. The molecule has 0 aliphatic rings. The average Bonchev–Trinajstić information content (AvgIpc) is 0.911. The molecule has 0 heterocycles. The summed E-state index contributed by atoms with van der Waals surface area (Å²) in [5.41, 5.74) is 0. The van der Waals surface area contributed by atoms with Crippen molar-refractivity contribution in [3.05, 3.63) is 0 Å². The van der Waals surface area contributed by atoms with Gasteiger partial charge in [-0.15, -0.1) is 0 Å². The third kappa shape index (κ3) is 78.5. The van der Waals surface area contributed by atoms with Gasteiger partial charge in [0.25, 0.3) is 0 Å². The van der Waals surface area contributed by atoms with Gasteiger partial charge in [-0.2, -0.15) is 0 Å². The number of phosphoric acid groups is 2. The first kappa shape index (κ1) is 103. The number of carbonyl (C=O) groups is 4. The van der Waals surface area contributed by atoms with Crippen LogP contribution in [0.1, 0.15) is 465 Å². The Morgan fingerprint density at radius 2 is 0.457 bits per heavy atom. The predicted molar refractivity (Wildman–Crippen MR) is 432 cm³/mol. The second-order valence-electron chi connectivity index (χ2n) is 31.2. The molecule has 0 radical (unpaired) electrons. The van der Waals surface area contributed by atoms with Crippen LogP contribution in [-0.2, 0) is 65.4 Å². The molecule has 0 fully saturated rings. The molecule has 0 aromatic heterocycles. The minimum atomic E-state index is -4.97. The Hall–Kier alpha value is -1.94. The Labute approximate surface area is 645 Å². The zero-order chi connectivity index (χ0) is 76.9. The first-order valence-electron chi connectivity index (χ1n) is 44.7. The van der Waals surface area contributed by atoms with E-state index in [2.05, 4.69) is 34.6 Å². The number of hydrogen-bond acceptors (Lipinski definition) is 15. The van der Waals surface area contributed by atoms with Crippen LogP contribution in [0.15, 0.2) is 0 Å². The number of ether oxygens (including phenoxy) is 4. The summed E-state index contributed by atoms with van der Waals surface area (Å²) < 4.78 is 68.9. The Morgan fingerprint density at radius 1 is 0.267 bits per heavy atom. The zero-order valence-electron chi connectivity index (χ0n) is 68.9. The first-order chi connectivity index (χ1) is 51.1. The van der Waals surface area contributed by atoms with Crippen molar-refractivity contribution in [1.82, 2.24) is 0 Å². The lowest BCUT2D eigenvalue weighted by Crippen LogP contribution is -2.30. The maximum absolute atomic E-state index is 13.2. The van der Waals surface area contributed by atoms with Gasteiger partial charge in [0.1, 0.15) is 19.3 Å². The summed E-state index contributed by atoms with van der Waals surface area (Å²) in [6.07, 6.45) is 72.0. The van der Waals surface area contributed by atoms with Gasteiger partial charge in [-0.3, -0.25) is 37.3 Å². The lowest BCUT2D eigenvalue weighted by molar-refractivity contribution is -0.161. The van der Waals surface area contributed by atoms with E-state index in [-0.39, 0.29) is 25.7 Å². The van der Waals surface area contributed by atoms with E-state index in [1.165, 1.54) is 289 Å². The predicted octanol–water partition coefficient (Wildman–Crippen LogP) is 26.4. The smallest absolute Gasteiger partial charge is 0.462 e. The van der Waals surface area contributed by atoms with E-state index in [1.54, 1.807) is 0 Å². The number of carbonyl (C=O) groups excluding carboxylic acids is 4. The highest BCUT2D eigenvalue weighted by Crippen LogP contribution is 2.45. The Bertz CT molecular complexity index is 2000. The second-order valence-corrected chi connectivity index (χ2v) is 34.1. The van der Waals surface area contributed by atoms with Crippen molar-refractivity contribution < 1.29 is 80.2 Å². The molecule has 0 aliphatic heterocycles. The fourth-order valence-electron chi connectivity index (χ4n) is 13.4. The maximum atomic E-state index is 13.2. The quantitative estimate of drug-likeness (QED) is 0.0222. The molecule has 0 saturated heterocycles. The van der Waals surface area contributed by atoms with Gasteiger partial charge in [-0.1, -0.05) is 413 Å². The van der Waals surface area contributed by atoms with Crippen LogP contribution in [0.5, 0.6) is 0 Å². The van der Waals surface area contributed by atoms with Crippen molar-refractivity contribution in [2.45, 2.75) is 483 Å². The van der Waals surface area contributed by atoms with Crippen LogP contribution in [0, 0.1) is 5.92 Å². The SMILES string of the molecule is CCCCCCCCCCCCCCCCCCCCCC(=O)O[C@H](COC(=O)CCCCCCCCCCCCCCCCC(C)CC)COP(=O)(O)OC[C@@H](O)COP(=O)(O)OC[C@@H](COC(=O)CCCCCCCCCCCCCCC)OC(=O)CCCCCCCCCCCCCCCCC. The molecule has 0 amide bonds. The molecular weight excluding hydrogens is 1370 g/mol. The number of rotatable bonds is 86. The van der Waals surface area contributed by atoms with Gasteiger partial charge >= 0.3 is 39.5 Å². The number of phosphoric ester groups is 2. The summed E-state index contributed by atoms with van der Waals surface area (Å²) in [6, 6.07) is 0. The van der Waals surface area contributed by atoms with Crippen LogP contribution in [0.25, 0.3) is 0 Å². The molecule has 105 heavy (non-hydrogen) atoms. The van der Waals surface area contributed by atoms with Crippen LogP contribution < -0.4 is 0 Å². The second kappa shape index (κ2) is 78.7. The summed E-state index contributed by atoms with van der Waals surface area (Å²) in [4.78, 5) is 73.3. The summed E-state index contributed by atoms with van der Waals surface area (Å²) in [5.74, 6) is -1.25. The number of esters is 4. The number of unbranched alkanes of at least 4 members (excludes halogenated alkanes) is 57. The molecule has 19 heteroatoms. The Morgan fingerprint density at radius 3 is 0.676 bits per heavy atom. The molecule has 6 atom stereocenters. The minimum Gasteiger partial charge on any atom is -0.462 e. The molecule has 3 unspecified atom stereocenters. The highest BCUT2D eigenvalue weighted by atomic mass is 31.2. The van der Waals surface area contributed by atoms with Gasteiger partial charge in [0.2, 0.25) is 0 Å². The third-order valence-electron chi connectivity index (χ3n) is 20.6. The minimum absolute atomic E-state index is 0.109. The molecule has 3 N–H and O–H groups in total. The van der Waals surface area contributed by atoms with E-state index in [0.29, 0.717) is 25.7 Å². The van der Waals surface area contributed by atoms with Crippen LogP contribution in [0.2, 0.25) is 0 Å². The van der Waals surface area contributed by atoms with E-state index >= 15 is 0 Å². The normalized spacial score (nSPS) is 14.0. The molecule has 0 rings (SSSR count). The van der Waals surface area contributed by atoms with Crippen LogP contribution in [0.3, 0.4) is 0 Å². The van der Waals surface area contributed by atoms with Crippen molar-refractivity contribution in [2.24, 2.45) is 5.92 Å². The fraction of sp³-hybridized carbons (Fsp3) is 0.953. The van der Waals surface area contributed by atoms with Crippen molar-refractivity contribution in [2.75, 3.05) is 39.6 Å². The van der Waals surface area contributed by atoms with E-state index < -0.39 is 97.5 Å². The summed E-state index contributed by atoms with van der Waals surface area (Å²) >= 11 is 0. The number of aliphatic hydroxyl groups excluding tert-OH is 1. The van der Waals surface area contributed by atoms with Gasteiger partial charge in [0.15, 0.2) is 12.2 Å². The van der Waals surface area contributed by atoms with Gasteiger partial charge in [0.05, 0.1) is 26.4 Å². The third-order valence-corrected chi connectivity index (χ3v) is 22.5. The van der Waals surface area contributed by atoms with E-state index in [1.807, 2.05) is 0 Å². The van der Waals surface area contributed by atoms with E-state index in [0.717, 1.165) is 95.8 Å². The van der Waals surface area contributed by atoms with Gasteiger partial charge in [-0.25, -0.2) is 9.13 Å². The maximum Gasteiger partial charge on any atom is 0.472 e. The topological polar surface area (TPSA) is 237 Å². The van der Waals surface area contributed by atoms with E-state index in [9.17, 15) is 43.2 Å². The van der Waals surface area contributed by atoms with Crippen molar-refractivity contribution in [3.63, 3.8) is 0 Å². The largest absolute Gasteiger partial charge is 0.472 e. The van der Waals surface area contributed by atoms with Gasteiger partial charge in [0, 0.05) is 25.7 Å². The van der Waals surface area contributed by atoms with Gasteiger partial charge < -0.3 is 33.8 Å². The molecule has 0 aromatic rings. The zero-order valence-corrected chi connectivity index (χ0v) is 70.7. The van der Waals surface area contributed by atoms with Crippen molar-refractivity contribution in [1.29, 1.82) is 0 Å². The highest BCUT2D eigenvalue weighted by molar-refractivity contribution is 7.47. The fourth-order valence-corrected chi connectivity index (χ4v) is 15.0.